The molecule has 2 heteroatoms. The van der Waals surface area contributed by atoms with Crippen LogP contribution < -0.4 is 9.80 Å². The minimum absolute atomic E-state index is 0.374. The molecule has 0 bridgehead atoms. The Morgan fingerprint density at radius 2 is 0.846 bits per heavy atom. The van der Waals surface area contributed by atoms with E-state index in [9.17, 15) is 0 Å². The lowest BCUT2D eigenvalue weighted by atomic mass is 9.80. The van der Waals surface area contributed by atoms with Gasteiger partial charge in [0.05, 0.1) is 0 Å². The van der Waals surface area contributed by atoms with Gasteiger partial charge in [0.2, 0.25) is 0 Å². The zero-order valence-electron chi connectivity index (χ0n) is 44.0. The smallest absolute Gasteiger partial charge is 0.0462 e. The molecule has 0 heterocycles. The highest BCUT2D eigenvalue weighted by Gasteiger charge is 2.24. The van der Waals surface area contributed by atoms with Crippen molar-refractivity contribution in [3.63, 3.8) is 0 Å². The lowest BCUT2D eigenvalue weighted by molar-refractivity contribution is 0.783. The number of fused-ring (bicyclic) bond motifs is 5. The van der Waals surface area contributed by atoms with Crippen molar-refractivity contribution in [1.82, 2.24) is 0 Å². The van der Waals surface area contributed by atoms with Crippen molar-refractivity contribution in [2.45, 2.75) is 20.3 Å². The first-order valence-corrected chi connectivity index (χ1v) is 27.3. The Hall–Kier alpha value is -9.76. The van der Waals surface area contributed by atoms with Crippen LogP contribution in [0.3, 0.4) is 0 Å². The fourth-order valence-corrected chi connectivity index (χ4v) is 12.1. The molecule has 1 unspecified atom stereocenters. The summed E-state index contributed by atoms with van der Waals surface area (Å²) in [5.74, 6) is 0.374. The van der Waals surface area contributed by atoms with Gasteiger partial charge < -0.3 is 9.80 Å². The van der Waals surface area contributed by atoms with Gasteiger partial charge in [-0.25, -0.2) is 0 Å². The summed E-state index contributed by atoms with van der Waals surface area (Å²) in [6.07, 6.45) is 25.5. The molecule has 11 aromatic carbocycles. The zero-order valence-corrected chi connectivity index (χ0v) is 44.0. The van der Waals surface area contributed by atoms with Crippen LogP contribution in [0.15, 0.2) is 309 Å². The highest BCUT2D eigenvalue weighted by atomic mass is 15.1. The van der Waals surface area contributed by atoms with Gasteiger partial charge in [0.25, 0.3) is 0 Å². The molecule has 372 valence electrons. The first kappa shape index (κ1) is 47.9. The fraction of sp³-hybridized carbons (Fsp3) is 0.0526. The highest BCUT2D eigenvalue weighted by Crippen LogP contribution is 2.49. The molecule has 0 fully saturated rings. The van der Waals surface area contributed by atoms with Crippen molar-refractivity contribution in [2.75, 3.05) is 9.80 Å². The summed E-state index contributed by atoms with van der Waals surface area (Å²) in [5.41, 5.74) is 17.8. The Labute approximate surface area is 458 Å². The largest absolute Gasteiger partial charge is 0.311 e. The van der Waals surface area contributed by atoms with E-state index in [1.165, 1.54) is 82.1 Å². The highest BCUT2D eigenvalue weighted by molar-refractivity contribution is 6.24. The number of hydrogen-bond donors (Lipinski definition) is 0. The molecule has 0 saturated heterocycles. The van der Waals surface area contributed by atoms with Crippen LogP contribution in [0.1, 0.15) is 25.8 Å². The van der Waals surface area contributed by atoms with Gasteiger partial charge in [-0.05, 0) is 186 Å². The summed E-state index contributed by atoms with van der Waals surface area (Å²) in [6, 6.07) is 84.8. The van der Waals surface area contributed by atoms with Crippen LogP contribution in [0.5, 0.6) is 0 Å². The van der Waals surface area contributed by atoms with Gasteiger partial charge in [-0.15, -0.1) is 0 Å². The van der Waals surface area contributed by atoms with Crippen LogP contribution in [-0.4, -0.2) is 0 Å². The summed E-state index contributed by atoms with van der Waals surface area (Å²) >= 11 is 0. The van der Waals surface area contributed by atoms with E-state index < -0.39 is 0 Å². The molecule has 0 aliphatic heterocycles. The molecule has 0 radical (unpaired) electrons. The Balaban J connectivity index is 1.03. The molecule has 0 amide bonds. The van der Waals surface area contributed by atoms with E-state index in [4.69, 9.17) is 0 Å². The second-order valence-electron chi connectivity index (χ2n) is 20.2. The maximum absolute atomic E-state index is 2.50. The minimum Gasteiger partial charge on any atom is -0.311 e. The minimum atomic E-state index is 0.374. The van der Waals surface area contributed by atoms with E-state index in [0.29, 0.717) is 5.92 Å². The summed E-state index contributed by atoms with van der Waals surface area (Å²) in [7, 11) is 0. The molecule has 11 aromatic rings. The van der Waals surface area contributed by atoms with Crippen molar-refractivity contribution in [1.29, 1.82) is 0 Å². The van der Waals surface area contributed by atoms with Crippen molar-refractivity contribution in [3.8, 4) is 33.4 Å². The molecule has 0 spiro atoms. The normalized spacial score (nSPS) is 14.4. The van der Waals surface area contributed by atoms with Crippen molar-refractivity contribution >= 4 is 77.1 Å². The van der Waals surface area contributed by atoms with Crippen molar-refractivity contribution in [3.05, 3.63) is 314 Å². The molecule has 78 heavy (non-hydrogen) atoms. The number of nitrogens with zero attached hydrogens (tertiary/aromatic N) is 2. The number of benzene rings is 11. The Bertz CT molecular complexity index is 4170. The van der Waals surface area contributed by atoms with Crippen molar-refractivity contribution < 1.29 is 0 Å². The average molecular weight is 999 g/mol. The molecule has 0 N–H and O–H groups in total. The predicted molar refractivity (Wildman–Crippen MR) is 336 cm³/mol. The quantitative estimate of drug-likeness (QED) is 0.0889. The van der Waals surface area contributed by atoms with Crippen LogP contribution in [0, 0.1) is 5.92 Å². The zero-order chi connectivity index (χ0) is 52.4. The lowest BCUT2D eigenvalue weighted by Crippen LogP contribution is -2.14. The van der Waals surface area contributed by atoms with Gasteiger partial charge in [0.1, 0.15) is 0 Å². The van der Waals surface area contributed by atoms with Crippen LogP contribution in [-0.2, 0) is 0 Å². The molecule has 2 nitrogen and oxygen atoms in total. The number of hydrogen-bond acceptors (Lipinski definition) is 2. The third-order valence-electron chi connectivity index (χ3n) is 15.6. The molecule has 13 rings (SSSR count). The van der Waals surface area contributed by atoms with Crippen LogP contribution in [0.25, 0.3) is 82.0 Å². The predicted octanol–water partition coefficient (Wildman–Crippen LogP) is 21.4. The van der Waals surface area contributed by atoms with Gasteiger partial charge in [0.15, 0.2) is 0 Å². The van der Waals surface area contributed by atoms with Gasteiger partial charge in [-0.3, -0.25) is 0 Å². The van der Waals surface area contributed by atoms with E-state index in [0.717, 1.165) is 51.7 Å². The third kappa shape index (κ3) is 8.78. The monoisotopic (exact) mass is 998 g/mol. The number of allylic oxidation sites excluding steroid dienone is 13. The summed E-state index contributed by atoms with van der Waals surface area (Å²) < 4.78 is 0. The second-order valence-corrected chi connectivity index (χ2v) is 20.2. The molecule has 0 saturated carbocycles. The Morgan fingerprint density at radius 3 is 1.38 bits per heavy atom. The van der Waals surface area contributed by atoms with Gasteiger partial charge in [0, 0.05) is 40.1 Å². The molecular formula is C76H58N2. The van der Waals surface area contributed by atoms with Crippen molar-refractivity contribution in [2.24, 2.45) is 5.92 Å². The second kappa shape index (κ2) is 21.1. The first-order valence-electron chi connectivity index (χ1n) is 27.3. The molecular weight excluding hydrogens is 941 g/mol. The molecule has 2 aliphatic carbocycles. The summed E-state index contributed by atoms with van der Waals surface area (Å²) in [6.45, 7) is 4.16. The molecule has 0 aromatic heterocycles. The third-order valence-corrected chi connectivity index (χ3v) is 15.6. The summed E-state index contributed by atoms with van der Waals surface area (Å²) in [4.78, 5) is 4.67. The topological polar surface area (TPSA) is 6.48 Å². The van der Waals surface area contributed by atoms with Gasteiger partial charge in [-0.2, -0.15) is 0 Å². The van der Waals surface area contributed by atoms with E-state index in [1.54, 1.807) is 0 Å². The van der Waals surface area contributed by atoms with E-state index in [-0.39, 0.29) is 0 Å². The maximum Gasteiger partial charge on any atom is 0.0462 e. The van der Waals surface area contributed by atoms with E-state index in [1.807, 2.05) is 6.92 Å². The number of anilines is 5. The summed E-state index contributed by atoms with van der Waals surface area (Å²) in [5, 5.41) is 9.86. The fourth-order valence-electron chi connectivity index (χ4n) is 12.1. The van der Waals surface area contributed by atoms with Crippen LogP contribution in [0.4, 0.5) is 28.4 Å². The number of para-hydroxylation sites is 3. The Kier molecular flexibility index (Phi) is 13.0. The van der Waals surface area contributed by atoms with Crippen LogP contribution >= 0.6 is 0 Å². The molecule has 1 atom stereocenters. The SMILES string of the molecule is C\C=C/C=C\C(=C/C)N(c1ccccc1)c1ccc(-c2c3ccccc3c(-c3ccc(N(c4ccccc4)c4ccccc4)cc3)c3cc(-c4c5ccccc5c(C5=CC6CC=CC=C6C=C5)c5ccccc45)ccc23)cc1. The van der Waals surface area contributed by atoms with E-state index >= 15 is 0 Å². The van der Waals surface area contributed by atoms with Gasteiger partial charge >= 0.3 is 0 Å². The standard InChI is InChI=1S/C76H58N2/c1-3-5-9-26-59(4-2)77(60-27-10-6-11-28-60)63-46-41-54(42-47-63)73-65-33-18-19-34-66(65)74(55-43-48-64(49-44-55)78(61-29-12-7-13-30-61)62-31-14-8-15-32-62)72-52-58(45-50-71(72)73)76-69-37-22-20-35-67(69)75(68-36-21-23-38-70(68)76)57-40-39-53-24-16-17-25-56(53)51-57/h3-24,26-52,56H,25H2,1-2H3/b5-3-,26-9-,59-4+. The number of rotatable bonds is 12. The van der Waals surface area contributed by atoms with Gasteiger partial charge in [-0.1, -0.05) is 225 Å². The van der Waals surface area contributed by atoms with E-state index in [2.05, 4.69) is 314 Å². The van der Waals surface area contributed by atoms with Crippen LogP contribution in [0.2, 0.25) is 0 Å². The lowest BCUT2D eigenvalue weighted by Gasteiger charge is -2.27. The Morgan fingerprint density at radius 1 is 0.410 bits per heavy atom. The average Bonchev–Trinajstić information content (AvgIpc) is 3.67. The maximum atomic E-state index is 2.50. The first-order chi connectivity index (χ1) is 38.6. The molecule has 2 aliphatic rings.